The topological polar surface area (TPSA) is 30.8 Å². The summed E-state index contributed by atoms with van der Waals surface area (Å²) in [6.07, 6.45) is 1.46. The molecule has 1 aliphatic heterocycles. The normalized spacial score (nSPS) is 23.8. The third kappa shape index (κ3) is 1.59. The molecular formula is C6H11NO2. The quantitative estimate of drug-likeness (QED) is 0.559. The summed E-state index contributed by atoms with van der Waals surface area (Å²) in [5.41, 5.74) is 0. The molecule has 1 heterocycles. The molecule has 0 bridgehead atoms. The molecule has 1 unspecified atom stereocenters. The lowest BCUT2D eigenvalue weighted by molar-refractivity contribution is 0.0702. The first-order valence-corrected chi connectivity index (χ1v) is 3.20. The highest BCUT2D eigenvalue weighted by Gasteiger charge is 2.17. The first-order valence-electron chi connectivity index (χ1n) is 3.20. The van der Waals surface area contributed by atoms with Crippen molar-refractivity contribution >= 4 is 6.08 Å². The molecular weight excluding hydrogens is 118 g/mol. The van der Waals surface area contributed by atoms with E-state index >= 15 is 0 Å². The van der Waals surface area contributed by atoms with Gasteiger partial charge >= 0.3 is 6.08 Å². The maximum atomic E-state index is 5.03. The highest BCUT2D eigenvalue weighted by Crippen LogP contribution is 2.07. The van der Waals surface area contributed by atoms with E-state index in [1.807, 2.05) is 13.8 Å². The molecule has 0 amide bonds. The predicted molar refractivity (Wildman–Crippen MR) is 34.2 cm³/mol. The van der Waals surface area contributed by atoms with Crippen molar-refractivity contribution in [3.63, 3.8) is 0 Å². The zero-order chi connectivity index (χ0) is 6.69. The van der Waals surface area contributed by atoms with Gasteiger partial charge in [0.05, 0.1) is 6.61 Å². The number of hydrogen-bond acceptors (Lipinski definition) is 3. The molecule has 1 rings (SSSR count). The van der Waals surface area contributed by atoms with Crippen molar-refractivity contribution in [3.8, 4) is 0 Å². The minimum atomic E-state index is 0.0110. The molecule has 0 aromatic carbocycles. The van der Waals surface area contributed by atoms with Crippen LogP contribution in [0.25, 0.3) is 0 Å². The highest BCUT2D eigenvalue weighted by atomic mass is 16.7. The van der Waals surface area contributed by atoms with Crippen molar-refractivity contribution in [2.75, 3.05) is 6.61 Å². The molecule has 0 aromatic heterocycles. The Balaban J connectivity index is 2.09. The molecule has 52 valence electrons. The minimum Gasteiger partial charge on any atom is -0.451 e. The van der Waals surface area contributed by atoms with Gasteiger partial charge in [-0.2, -0.15) is 4.99 Å². The van der Waals surface area contributed by atoms with Crippen LogP contribution in [0.4, 0.5) is 0 Å². The van der Waals surface area contributed by atoms with Crippen molar-refractivity contribution in [1.29, 1.82) is 0 Å². The van der Waals surface area contributed by atoms with E-state index in [9.17, 15) is 0 Å². The van der Waals surface area contributed by atoms with Crippen LogP contribution in [-0.2, 0) is 9.47 Å². The Labute approximate surface area is 54.7 Å². The van der Waals surface area contributed by atoms with Gasteiger partial charge in [-0.25, -0.2) is 0 Å². The van der Waals surface area contributed by atoms with E-state index in [4.69, 9.17) is 9.47 Å². The fourth-order valence-corrected chi connectivity index (χ4v) is 0.563. The molecule has 1 atom stereocenters. The summed E-state index contributed by atoms with van der Waals surface area (Å²) in [6, 6.07) is 0. The number of aliphatic imine (C=N–C) groups is 1. The maximum Gasteiger partial charge on any atom is 0.388 e. The van der Waals surface area contributed by atoms with Crippen molar-refractivity contribution in [2.45, 2.75) is 26.5 Å². The minimum absolute atomic E-state index is 0.0110. The Morgan fingerprint density at radius 3 is 2.89 bits per heavy atom. The summed E-state index contributed by atoms with van der Waals surface area (Å²) in [6.45, 7) is 4.62. The van der Waals surface area contributed by atoms with E-state index in [1.54, 1.807) is 0 Å². The van der Waals surface area contributed by atoms with Gasteiger partial charge < -0.3 is 9.47 Å². The monoisotopic (exact) mass is 129 g/mol. The second kappa shape index (κ2) is 2.71. The van der Waals surface area contributed by atoms with Gasteiger partial charge in [0, 0.05) is 0 Å². The van der Waals surface area contributed by atoms with E-state index in [2.05, 4.69) is 4.99 Å². The molecule has 3 heteroatoms. The van der Waals surface area contributed by atoms with Crippen LogP contribution in [0.15, 0.2) is 4.99 Å². The summed E-state index contributed by atoms with van der Waals surface area (Å²) in [5, 5.41) is 0. The fourth-order valence-electron chi connectivity index (χ4n) is 0.563. The van der Waals surface area contributed by atoms with Crippen LogP contribution in [0.2, 0.25) is 0 Å². The van der Waals surface area contributed by atoms with Gasteiger partial charge in [-0.3, -0.25) is 0 Å². The van der Waals surface area contributed by atoms with Crippen LogP contribution in [-0.4, -0.2) is 18.9 Å². The van der Waals surface area contributed by atoms with Gasteiger partial charge in [0.15, 0.2) is 6.23 Å². The molecule has 0 saturated carbocycles. The first-order chi connectivity index (χ1) is 4.33. The summed E-state index contributed by atoms with van der Waals surface area (Å²) in [5.74, 6) is 0. The van der Waals surface area contributed by atoms with Gasteiger partial charge in [0.1, 0.15) is 0 Å². The van der Waals surface area contributed by atoms with Gasteiger partial charge in [0.2, 0.25) is 0 Å². The van der Waals surface area contributed by atoms with Crippen LogP contribution < -0.4 is 0 Å². The lowest BCUT2D eigenvalue weighted by atomic mass is 10.5. The van der Waals surface area contributed by atoms with Crippen LogP contribution in [0.1, 0.15) is 20.3 Å². The van der Waals surface area contributed by atoms with Crippen molar-refractivity contribution < 1.29 is 9.47 Å². The smallest absolute Gasteiger partial charge is 0.388 e. The SMILES string of the molecule is CCCOC1=NC(C)O1. The first kappa shape index (κ1) is 6.39. The van der Waals surface area contributed by atoms with Gasteiger partial charge in [-0.15, -0.1) is 0 Å². The summed E-state index contributed by atoms with van der Waals surface area (Å²) >= 11 is 0. The summed E-state index contributed by atoms with van der Waals surface area (Å²) in [7, 11) is 0. The van der Waals surface area contributed by atoms with Crippen LogP contribution in [0, 0.1) is 0 Å². The third-order valence-electron chi connectivity index (χ3n) is 0.988. The zero-order valence-electron chi connectivity index (χ0n) is 5.76. The molecule has 0 N–H and O–H groups in total. The second-order valence-electron chi connectivity index (χ2n) is 1.96. The predicted octanol–water partition coefficient (Wildman–Crippen LogP) is 1.15. The number of rotatable bonds is 2. The average molecular weight is 129 g/mol. The van der Waals surface area contributed by atoms with E-state index < -0.39 is 0 Å². The molecule has 1 aliphatic rings. The summed E-state index contributed by atoms with van der Waals surface area (Å²) in [4.78, 5) is 3.93. The average Bonchev–Trinajstić information content (AvgIpc) is 1.78. The molecule has 0 spiro atoms. The van der Waals surface area contributed by atoms with E-state index in [1.165, 1.54) is 0 Å². The second-order valence-corrected chi connectivity index (χ2v) is 1.96. The largest absolute Gasteiger partial charge is 0.451 e. The van der Waals surface area contributed by atoms with Gasteiger partial charge in [0.25, 0.3) is 0 Å². The summed E-state index contributed by atoms with van der Waals surface area (Å²) < 4.78 is 9.99. The van der Waals surface area contributed by atoms with E-state index in [0.717, 1.165) is 6.42 Å². The molecule has 0 radical (unpaired) electrons. The van der Waals surface area contributed by atoms with Crippen LogP contribution in [0.3, 0.4) is 0 Å². The van der Waals surface area contributed by atoms with Crippen molar-refractivity contribution in [3.05, 3.63) is 0 Å². The lowest BCUT2D eigenvalue weighted by Gasteiger charge is -2.20. The Hall–Kier alpha value is -0.730. The van der Waals surface area contributed by atoms with Crippen LogP contribution in [0.5, 0.6) is 0 Å². The molecule has 0 aromatic rings. The van der Waals surface area contributed by atoms with Gasteiger partial charge in [-0.1, -0.05) is 6.92 Å². The zero-order valence-corrected chi connectivity index (χ0v) is 5.76. The standard InChI is InChI=1S/C6H11NO2/c1-3-4-8-6-7-5(2)9-6/h5H,3-4H2,1-2H3. The molecule has 0 saturated heterocycles. The highest BCUT2D eigenvalue weighted by molar-refractivity contribution is 5.70. The Kier molecular flexibility index (Phi) is 1.92. The van der Waals surface area contributed by atoms with E-state index in [0.29, 0.717) is 12.7 Å². The van der Waals surface area contributed by atoms with E-state index in [-0.39, 0.29) is 6.23 Å². The van der Waals surface area contributed by atoms with Gasteiger partial charge in [-0.05, 0) is 13.3 Å². The fraction of sp³-hybridized carbons (Fsp3) is 0.833. The number of ether oxygens (including phenoxy) is 2. The molecule has 9 heavy (non-hydrogen) atoms. The molecule has 0 fully saturated rings. The Morgan fingerprint density at radius 2 is 2.44 bits per heavy atom. The number of nitrogens with zero attached hydrogens (tertiary/aromatic N) is 1. The third-order valence-corrected chi connectivity index (χ3v) is 0.988. The molecule has 0 aliphatic carbocycles. The van der Waals surface area contributed by atoms with Crippen LogP contribution >= 0.6 is 0 Å². The van der Waals surface area contributed by atoms with Crippen molar-refractivity contribution in [2.24, 2.45) is 4.99 Å². The molecule has 3 nitrogen and oxygen atoms in total. The lowest BCUT2D eigenvalue weighted by Crippen LogP contribution is -2.27. The Bertz CT molecular complexity index is 122. The Morgan fingerprint density at radius 1 is 1.78 bits per heavy atom. The van der Waals surface area contributed by atoms with Crippen molar-refractivity contribution in [1.82, 2.24) is 0 Å². The maximum absolute atomic E-state index is 5.03. The number of hydrogen-bond donors (Lipinski definition) is 0.